The molecule has 0 saturated heterocycles. The highest BCUT2D eigenvalue weighted by Gasteiger charge is 2.19. The van der Waals surface area contributed by atoms with Crippen LogP contribution in [0.25, 0.3) is 10.9 Å². The maximum Gasteiger partial charge on any atom is 0.297 e. The number of pyridine rings is 1. The summed E-state index contributed by atoms with van der Waals surface area (Å²) in [5, 5.41) is 0.789. The number of hydrogen-bond acceptors (Lipinski definition) is 4. The topological polar surface area (TPSA) is 49.7 Å². The summed E-state index contributed by atoms with van der Waals surface area (Å²) >= 11 is 0. The highest BCUT2D eigenvalue weighted by Crippen LogP contribution is 2.35. The monoisotopic (exact) mass is 401 g/mol. The molecule has 0 aliphatic carbocycles. The molecule has 30 heavy (non-hydrogen) atoms. The van der Waals surface area contributed by atoms with Crippen molar-refractivity contribution >= 4 is 10.9 Å². The maximum atomic E-state index is 13.2. The van der Waals surface area contributed by atoms with Gasteiger partial charge in [0.2, 0.25) is 5.75 Å². The van der Waals surface area contributed by atoms with Crippen molar-refractivity contribution in [2.45, 2.75) is 13.2 Å². The molecule has 0 N–H and O–H groups in total. The molecular weight excluding hydrogens is 378 g/mol. The number of rotatable bonds is 7. The molecule has 0 amide bonds. The molecule has 4 rings (SSSR count). The van der Waals surface area contributed by atoms with E-state index in [4.69, 9.17) is 14.2 Å². The molecular formula is C25H23NO4. The van der Waals surface area contributed by atoms with E-state index in [9.17, 15) is 4.79 Å². The van der Waals surface area contributed by atoms with Crippen LogP contribution in [-0.2, 0) is 20.3 Å². The smallest absolute Gasteiger partial charge is 0.297 e. The van der Waals surface area contributed by atoms with Gasteiger partial charge in [0.25, 0.3) is 5.56 Å². The Bertz CT molecular complexity index is 1200. The minimum Gasteiger partial charge on any atom is -0.497 e. The van der Waals surface area contributed by atoms with Gasteiger partial charge in [-0.3, -0.25) is 4.79 Å². The second-order valence-electron chi connectivity index (χ2n) is 6.95. The van der Waals surface area contributed by atoms with Gasteiger partial charge < -0.3 is 18.8 Å². The van der Waals surface area contributed by atoms with Crippen molar-refractivity contribution in [1.82, 2.24) is 4.57 Å². The lowest BCUT2D eigenvalue weighted by Crippen LogP contribution is -2.21. The number of aromatic nitrogens is 1. The summed E-state index contributed by atoms with van der Waals surface area (Å²) in [6, 6.07) is 25.1. The Kier molecular flexibility index (Phi) is 5.70. The number of ether oxygens (including phenoxy) is 3. The van der Waals surface area contributed by atoms with E-state index in [0.29, 0.717) is 18.1 Å². The maximum absolute atomic E-state index is 13.2. The zero-order valence-corrected chi connectivity index (χ0v) is 17.0. The van der Waals surface area contributed by atoms with Crippen molar-refractivity contribution in [2.24, 2.45) is 7.05 Å². The lowest BCUT2D eigenvalue weighted by atomic mass is 10.1. The van der Waals surface area contributed by atoms with Crippen molar-refractivity contribution < 1.29 is 14.2 Å². The average Bonchev–Trinajstić information content (AvgIpc) is 2.80. The molecule has 0 radical (unpaired) electrons. The predicted octanol–water partition coefficient (Wildman–Crippen LogP) is 4.71. The van der Waals surface area contributed by atoms with Crippen molar-refractivity contribution in [1.29, 1.82) is 0 Å². The highest BCUT2D eigenvalue weighted by atomic mass is 16.5. The summed E-state index contributed by atoms with van der Waals surface area (Å²) in [6.07, 6.45) is 0. The van der Waals surface area contributed by atoms with Crippen LogP contribution in [-0.4, -0.2) is 11.7 Å². The van der Waals surface area contributed by atoms with Crippen LogP contribution >= 0.6 is 0 Å². The molecule has 152 valence electrons. The fourth-order valence-electron chi connectivity index (χ4n) is 3.32. The third-order valence-electron chi connectivity index (χ3n) is 4.97. The minimum atomic E-state index is -0.255. The SMILES string of the molecule is COc1ccc2c(OCc3ccccc3)c(OCc3ccccc3)c(=O)n(C)c2c1. The Morgan fingerprint density at radius 3 is 1.90 bits per heavy atom. The molecule has 1 aromatic heterocycles. The van der Waals surface area contributed by atoms with Crippen LogP contribution < -0.4 is 19.8 Å². The van der Waals surface area contributed by atoms with Gasteiger partial charge in [0.15, 0.2) is 5.75 Å². The normalized spacial score (nSPS) is 10.7. The fourth-order valence-corrected chi connectivity index (χ4v) is 3.32. The van der Waals surface area contributed by atoms with Crippen molar-refractivity contribution in [2.75, 3.05) is 7.11 Å². The number of fused-ring (bicyclic) bond motifs is 1. The molecule has 0 aliphatic rings. The summed E-state index contributed by atoms with van der Waals surface area (Å²) in [5.41, 5.74) is 2.45. The van der Waals surface area contributed by atoms with Gasteiger partial charge in [0, 0.05) is 18.5 Å². The molecule has 0 fully saturated rings. The van der Waals surface area contributed by atoms with Gasteiger partial charge in [0.05, 0.1) is 12.6 Å². The molecule has 5 heteroatoms. The Morgan fingerprint density at radius 2 is 1.33 bits per heavy atom. The Hall–Kier alpha value is -3.73. The van der Waals surface area contributed by atoms with Gasteiger partial charge in [-0.25, -0.2) is 0 Å². The quantitative estimate of drug-likeness (QED) is 0.450. The molecule has 0 atom stereocenters. The molecule has 0 bridgehead atoms. The molecule has 3 aromatic carbocycles. The fraction of sp³-hybridized carbons (Fsp3) is 0.160. The van der Waals surface area contributed by atoms with Gasteiger partial charge in [-0.1, -0.05) is 60.7 Å². The van der Waals surface area contributed by atoms with E-state index in [-0.39, 0.29) is 17.9 Å². The number of nitrogens with zero attached hydrogens (tertiary/aromatic N) is 1. The third kappa shape index (κ3) is 4.01. The van der Waals surface area contributed by atoms with Gasteiger partial charge in [-0.05, 0) is 23.3 Å². The molecule has 0 spiro atoms. The van der Waals surface area contributed by atoms with Crippen LogP contribution in [0.3, 0.4) is 0 Å². The van der Waals surface area contributed by atoms with Crippen molar-refractivity contribution in [3.63, 3.8) is 0 Å². The van der Waals surface area contributed by atoms with Gasteiger partial charge >= 0.3 is 0 Å². The van der Waals surface area contributed by atoms with E-state index in [2.05, 4.69) is 0 Å². The Morgan fingerprint density at radius 1 is 0.767 bits per heavy atom. The summed E-state index contributed by atoms with van der Waals surface area (Å²) < 4.78 is 19.1. The van der Waals surface area contributed by atoms with E-state index in [1.807, 2.05) is 78.9 Å². The Labute approximate surface area is 175 Å². The first-order valence-electron chi connectivity index (χ1n) is 9.71. The molecule has 4 aromatic rings. The number of hydrogen-bond donors (Lipinski definition) is 0. The van der Waals surface area contributed by atoms with Gasteiger partial charge in [-0.2, -0.15) is 0 Å². The first-order valence-corrected chi connectivity index (χ1v) is 9.71. The number of aryl methyl sites for hydroxylation is 1. The van der Waals surface area contributed by atoms with Crippen LogP contribution in [0.4, 0.5) is 0 Å². The molecule has 0 saturated carbocycles. The summed E-state index contributed by atoms with van der Waals surface area (Å²) in [4.78, 5) is 13.2. The van der Waals surface area contributed by atoms with E-state index >= 15 is 0 Å². The van der Waals surface area contributed by atoms with Crippen LogP contribution in [0, 0.1) is 0 Å². The number of benzene rings is 3. The van der Waals surface area contributed by atoms with E-state index < -0.39 is 0 Å². The third-order valence-corrected chi connectivity index (χ3v) is 4.97. The second kappa shape index (κ2) is 8.74. The molecule has 1 heterocycles. The summed E-state index contributed by atoms with van der Waals surface area (Å²) in [7, 11) is 3.32. The van der Waals surface area contributed by atoms with Crippen LogP contribution in [0.5, 0.6) is 17.2 Å². The van der Waals surface area contributed by atoms with Crippen molar-refractivity contribution in [3.8, 4) is 17.2 Å². The number of methoxy groups -OCH3 is 1. The molecule has 5 nitrogen and oxygen atoms in total. The largest absolute Gasteiger partial charge is 0.497 e. The van der Waals surface area contributed by atoms with Crippen LogP contribution in [0.1, 0.15) is 11.1 Å². The first kappa shape index (κ1) is 19.6. The second-order valence-corrected chi connectivity index (χ2v) is 6.95. The lowest BCUT2D eigenvalue weighted by molar-refractivity contribution is 0.254. The summed E-state index contributed by atoms with van der Waals surface area (Å²) in [5.74, 6) is 1.31. The van der Waals surface area contributed by atoms with Crippen LogP contribution in [0.2, 0.25) is 0 Å². The zero-order chi connectivity index (χ0) is 20.9. The highest BCUT2D eigenvalue weighted by molar-refractivity contribution is 5.89. The lowest BCUT2D eigenvalue weighted by Gasteiger charge is -2.17. The van der Waals surface area contributed by atoms with E-state index in [1.165, 1.54) is 0 Å². The van der Waals surface area contributed by atoms with Crippen LogP contribution in [0.15, 0.2) is 83.7 Å². The average molecular weight is 401 g/mol. The standard InChI is InChI=1S/C25H23NO4/c1-26-22-15-20(28-2)13-14-21(22)23(29-16-18-9-5-3-6-10-18)24(25(26)27)30-17-19-11-7-4-8-12-19/h3-15H,16-17H2,1-2H3. The van der Waals surface area contributed by atoms with Crippen molar-refractivity contribution in [3.05, 3.63) is 100 Å². The zero-order valence-electron chi connectivity index (χ0n) is 17.0. The summed E-state index contributed by atoms with van der Waals surface area (Å²) in [6.45, 7) is 0.607. The molecule has 0 unspecified atom stereocenters. The first-order chi connectivity index (χ1) is 14.7. The van der Waals surface area contributed by atoms with Gasteiger partial charge in [-0.15, -0.1) is 0 Å². The Balaban J connectivity index is 1.78. The minimum absolute atomic E-state index is 0.204. The predicted molar refractivity (Wildman–Crippen MR) is 117 cm³/mol. The van der Waals surface area contributed by atoms with E-state index in [0.717, 1.165) is 22.0 Å². The van der Waals surface area contributed by atoms with E-state index in [1.54, 1.807) is 18.7 Å². The van der Waals surface area contributed by atoms with Gasteiger partial charge in [0.1, 0.15) is 19.0 Å². The molecule has 0 aliphatic heterocycles.